The minimum absolute atomic E-state index is 0.273. The molecule has 1 heterocycles. The van der Waals surface area contributed by atoms with Crippen molar-refractivity contribution >= 4 is 0 Å². The van der Waals surface area contributed by atoms with Gasteiger partial charge in [0.05, 0.1) is 0 Å². The minimum atomic E-state index is 0.273. The molecule has 1 saturated heterocycles. The van der Waals surface area contributed by atoms with Crippen LogP contribution in [0.5, 0.6) is 0 Å². The van der Waals surface area contributed by atoms with Gasteiger partial charge in [0.25, 0.3) is 0 Å². The normalized spacial score (nSPS) is 26.1. The summed E-state index contributed by atoms with van der Waals surface area (Å²) in [4.78, 5) is 0. The molecule has 0 saturated carbocycles. The zero-order valence-corrected chi connectivity index (χ0v) is 9.53. The predicted octanol–water partition coefficient (Wildman–Crippen LogP) is 1.82. The van der Waals surface area contributed by atoms with E-state index in [2.05, 4.69) is 43.4 Å². The topological polar surface area (TPSA) is 38.0 Å². The van der Waals surface area contributed by atoms with Gasteiger partial charge in [0.2, 0.25) is 0 Å². The van der Waals surface area contributed by atoms with Gasteiger partial charge in [0, 0.05) is 25.0 Å². The molecule has 1 aromatic carbocycles. The van der Waals surface area contributed by atoms with Crippen molar-refractivity contribution in [3.63, 3.8) is 0 Å². The van der Waals surface area contributed by atoms with Gasteiger partial charge in [0.1, 0.15) is 0 Å². The summed E-state index contributed by atoms with van der Waals surface area (Å²) in [5.41, 5.74) is 8.82. The van der Waals surface area contributed by atoms with Crippen molar-refractivity contribution in [2.75, 3.05) is 13.1 Å². The third-order valence-corrected chi connectivity index (χ3v) is 3.29. The molecule has 1 fully saturated rings. The lowest BCUT2D eigenvalue weighted by molar-refractivity contribution is 0.653. The Labute approximate surface area is 91.9 Å². The van der Waals surface area contributed by atoms with Gasteiger partial charge >= 0.3 is 0 Å². The Hall–Kier alpha value is -0.860. The smallest absolute Gasteiger partial charge is 0.0247 e. The van der Waals surface area contributed by atoms with E-state index in [-0.39, 0.29) is 6.04 Å². The van der Waals surface area contributed by atoms with E-state index in [0.29, 0.717) is 11.8 Å². The highest BCUT2D eigenvalue weighted by Gasteiger charge is 2.24. The van der Waals surface area contributed by atoms with E-state index in [1.165, 1.54) is 11.1 Å². The first-order valence-corrected chi connectivity index (χ1v) is 5.74. The second-order valence-corrected chi connectivity index (χ2v) is 4.75. The predicted molar refractivity (Wildman–Crippen MR) is 64.1 cm³/mol. The number of hydrogen-bond donors (Lipinski definition) is 2. The van der Waals surface area contributed by atoms with Crippen LogP contribution < -0.4 is 11.1 Å². The SMILES string of the molecule is CC(C)c1ccc([C@@H]2CNC[C@H]2N)cc1. The molecule has 0 unspecified atom stereocenters. The molecule has 0 amide bonds. The van der Waals surface area contributed by atoms with Gasteiger partial charge in [-0.05, 0) is 17.0 Å². The van der Waals surface area contributed by atoms with Crippen molar-refractivity contribution < 1.29 is 0 Å². The molecule has 0 radical (unpaired) electrons. The van der Waals surface area contributed by atoms with Crippen molar-refractivity contribution in [1.82, 2.24) is 5.32 Å². The highest BCUT2D eigenvalue weighted by Crippen LogP contribution is 2.23. The van der Waals surface area contributed by atoms with Gasteiger partial charge in [0.15, 0.2) is 0 Å². The molecule has 1 aromatic rings. The summed E-state index contributed by atoms with van der Waals surface area (Å²) < 4.78 is 0. The van der Waals surface area contributed by atoms with Gasteiger partial charge < -0.3 is 11.1 Å². The third kappa shape index (κ3) is 2.21. The standard InChI is InChI=1S/C13H20N2/c1-9(2)10-3-5-11(6-4-10)12-7-15-8-13(12)14/h3-6,9,12-13,15H,7-8,14H2,1-2H3/t12-,13+/m0/s1. The number of nitrogens with two attached hydrogens (primary N) is 1. The third-order valence-electron chi connectivity index (χ3n) is 3.29. The van der Waals surface area contributed by atoms with Crippen LogP contribution in [0, 0.1) is 0 Å². The number of benzene rings is 1. The Balaban J connectivity index is 2.16. The molecule has 2 rings (SSSR count). The molecule has 15 heavy (non-hydrogen) atoms. The van der Waals surface area contributed by atoms with Crippen LogP contribution >= 0.6 is 0 Å². The van der Waals surface area contributed by atoms with Crippen LogP contribution in [-0.4, -0.2) is 19.1 Å². The molecule has 0 aliphatic carbocycles. The van der Waals surface area contributed by atoms with E-state index < -0.39 is 0 Å². The van der Waals surface area contributed by atoms with Gasteiger partial charge in [-0.15, -0.1) is 0 Å². The van der Waals surface area contributed by atoms with Crippen molar-refractivity contribution in [2.24, 2.45) is 5.73 Å². The lowest BCUT2D eigenvalue weighted by Gasteiger charge is -2.15. The zero-order valence-electron chi connectivity index (χ0n) is 9.53. The maximum absolute atomic E-state index is 6.05. The van der Waals surface area contributed by atoms with Crippen LogP contribution in [0.1, 0.15) is 36.8 Å². The highest BCUT2D eigenvalue weighted by molar-refractivity contribution is 5.29. The Morgan fingerprint density at radius 3 is 2.33 bits per heavy atom. The van der Waals surface area contributed by atoms with E-state index in [1.54, 1.807) is 0 Å². The van der Waals surface area contributed by atoms with Gasteiger partial charge in [-0.1, -0.05) is 38.1 Å². The molecule has 2 nitrogen and oxygen atoms in total. The minimum Gasteiger partial charge on any atom is -0.326 e. The molecule has 0 bridgehead atoms. The molecule has 0 aromatic heterocycles. The molecular formula is C13H20N2. The number of nitrogens with one attached hydrogen (secondary N) is 1. The summed E-state index contributed by atoms with van der Waals surface area (Å²) in [6, 6.07) is 9.19. The summed E-state index contributed by atoms with van der Waals surface area (Å²) in [6.07, 6.45) is 0. The fraction of sp³-hybridized carbons (Fsp3) is 0.538. The maximum atomic E-state index is 6.05. The fourth-order valence-corrected chi connectivity index (χ4v) is 2.19. The van der Waals surface area contributed by atoms with Crippen LogP contribution in [0.3, 0.4) is 0 Å². The lowest BCUT2D eigenvalue weighted by atomic mass is 9.92. The highest BCUT2D eigenvalue weighted by atomic mass is 15.0. The first-order valence-electron chi connectivity index (χ1n) is 5.74. The van der Waals surface area contributed by atoms with Crippen LogP contribution in [0.25, 0.3) is 0 Å². The Bertz CT molecular complexity index is 316. The number of rotatable bonds is 2. The average molecular weight is 204 g/mol. The van der Waals surface area contributed by atoms with E-state index in [4.69, 9.17) is 5.73 Å². The average Bonchev–Trinajstić information content (AvgIpc) is 2.65. The zero-order chi connectivity index (χ0) is 10.8. The second-order valence-electron chi connectivity index (χ2n) is 4.75. The molecule has 2 atom stereocenters. The quantitative estimate of drug-likeness (QED) is 0.771. The molecule has 3 N–H and O–H groups in total. The Morgan fingerprint density at radius 2 is 1.87 bits per heavy atom. The van der Waals surface area contributed by atoms with Crippen molar-refractivity contribution in [3.8, 4) is 0 Å². The largest absolute Gasteiger partial charge is 0.326 e. The van der Waals surface area contributed by atoms with Gasteiger partial charge in [-0.3, -0.25) is 0 Å². The van der Waals surface area contributed by atoms with Crippen LogP contribution in [0.4, 0.5) is 0 Å². The Kier molecular flexibility index (Phi) is 3.08. The van der Waals surface area contributed by atoms with Crippen molar-refractivity contribution in [1.29, 1.82) is 0 Å². The van der Waals surface area contributed by atoms with E-state index in [0.717, 1.165) is 13.1 Å². The van der Waals surface area contributed by atoms with Crippen LogP contribution in [0.2, 0.25) is 0 Å². The molecule has 82 valence electrons. The summed E-state index contributed by atoms with van der Waals surface area (Å²) in [5, 5.41) is 3.33. The molecule has 0 spiro atoms. The lowest BCUT2D eigenvalue weighted by Crippen LogP contribution is -2.27. The molecule has 1 aliphatic heterocycles. The van der Waals surface area contributed by atoms with E-state index in [1.807, 2.05) is 0 Å². The van der Waals surface area contributed by atoms with Crippen LogP contribution in [0.15, 0.2) is 24.3 Å². The van der Waals surface area contributed by atoms with Crippen molar-refractivity contribution in [3.05, 3.63) is 35.4 Å². The summed E-state index contributed by atoms with van der Waals surface area (Å²) in [6.45, 7) is 6.40. The number of hydrogen-bond acceptors (Lipinski definition) is 2. The first kappa shape index (κ1) is 10.7. The maximum Gasteiger partial charge on any atom is 0.0247 e. The summed E-state index contributed by atoms with van der Waals surface area (Å²) in [7, 11) is 0. The van der Waals surface area contributed by atoms with Crippen molar-refractivity contribution in [2.45, 2.75) is 31.7 Å². The van der Waals surface area contributed by atoms with E-state index in [9.17, 15) is 0 Å². The molecule has 1 aliphatic rings. The first-order chi connectivity index (χ1) is 7.18. The Morgan fingerprint density at radius 1 is 1.20 bits per heavy atom. The summed E-state index contributed by atoms with van der Waals surface area (Å²) >= 11 is 0. The summed E-state index contributed by atoms with van der Waals surface area (Å²) in [5.74, 6) is 1.10. The van der Waals surface area contributed by atoms with Crippen LogP contribution in [-0.2, 0) is 0 Å². The van der Waals surface area contributed by atoms with Gasteiger partial charge in [-0.25, -0.2) is 0 Å². The molecule has 2 heteroatoms. The second kappa shape index (κ2) is 4.33. The van der Waals surface area contributed by atoms with E-state index >= 15 is 0 Å². The molecular weight excluding hydrogens is 184 g/mol. The monoisotopic (exact) mass is 204 g/mol. The van der Waals surface area contributed by atoms with Gasteiger partial charge in [-0.2, -0.15) is 0 Å². The fourth-order valence-electron chi connectivity index (χ4n) is 2.19.